The Morgan fingerprint density at radius 1 is 1.43 bits per heavy atom. The number of hydrogen-bond donors (Lipinski definition) is 1. The highest BCUT2D eigenvalue weighted by Crippen LogP contribution is 2.23. The molecule has 0 bridgehead atoms. The average Bonchev–Trinajstić information content (AvgIpc) is 2.93. The number of hydrogen-bond acceptors (Lipinski definition) is 8. The highest BCUT2D eigenvalue weighted by atomic mass is 32.2. The Morgan fingerprint density at radius 2 is 2.24 bits per heavy atom. The molecule has 110 valence electrons. The van der Waals surface area contributed by atoms with Gasteiger partial charge < -0.3 is 15.2 Å². The molecule has 0 aliphatic heterocycles. The minimum absolute atomic E-state index is 0.0224. The number of amides is 1. The minimum atomic E-state index is -1.28. The predicted octanol–water partition coefficient (Wildman–Crippen LogP) is 1.35. The van der Waals surface area contributed by atoms with E-state index >= 15 is 0 Å². The quantitative estimate of drug-likeness (QED) is 0.793. The molecule has 0 atom stereocenters. The molecule has 1 heterocycles. The van der Waals surface area contributed by atoms with Crippen LogP contribution in [0, 0.1) is 0 Å². The second-order valence-electron chi connectivity index (χ2n) is 3.75. The molecule has 0 aliphatic carbocycles. The molecule has 1 aromatic carbocycles. The first-order valence-electron chi connectivity index (χ1n) is 5.70. The third-order valence-corrected chi connectivity index (χ3v) is 4.78. The summed E-state index contributed by atoms with van der Waals surface area (Å²) in [6, 6.07) is 5.93. The summed E-state index contributed by atoms with van der Waals surface area (Å²) in [6.07, 6.45) is 1.88. The number of carbonyl (C=O) groups excluding carboxylic acids is 2. The van der Waals surface area contributed by atoms with E-state index in [1.54, 1.807) is 12.1 Å². The standard InChI is InChI=1S/C12H11N3O3S3/c1-19-11-14-12(21-15-11)20-6-9(16)13-8-4-2-3-7(5-8)10(17)18/h2-5H,6H2,1H3,(H,13,16)(H,17,18)/p-1. The number of aromatic nitrogens is 2. The molecule has 2 rings (SSSR count). The summed E-state index contributed by atoms with van der Waals surface area (Å²) in [7, 11) is 0. The summed E-state index contributed by atoms with van der Waals surface area (Å²) in [4.78, 5) is 26.7. The van der Waals surface area contributed by atoms with Crippen molar-refractivity contribution in [2.75, 3.05) is 17.3 Å². The van der Waals surface area contributed by atoms with Gasteiger partial charge in [-0.05, 0) is 35.5 Å². The van der Waals surface area contributed by atoms with Crippen LogP contribution < -0.4 is 10.4 Å². The van der Waals surface area contributed by atoms with E-state index in [2.05, 4.69) is 14.7 Å². The number of nitrogens with one attached hydrogen (secondary N) is 1. The van der Waals surface area contributed by atoms with E-state index in [9.17, 15) is 14.7 Å². The Hall–Kier alpha value is -1.58. The zero-order valence-corrected chi connectivity index (χ0v) is 13.3. The average molecular weight is 340 g/mol. The Morgan fingerprint density at radius 3 is 2.90 bits per heavy atom. The number of benzene rings is 1. The van der Waals surface area contributed by atoms with Gasteiger partial charge in [0, 0.05) is 5.69 Å². The molecule has 21 heavy (non-hydrogen) atoms. The summed E-state index contributed by atoms with van der Waals surface area (Å²) in [6.45, 7) is 0. The molecule has 6 nitrogen and oxygen atoms in total. The predicted molar refractivity (Wildman–Crippen MR) is 81.8 cm³/mol. The van der Waals surface area contributed by atoms with E-state index in [-0.39, 0.29) is 17.2 Å². The van der Waals surface area contributed by atoms with Crippen LogP contribution in [0.4, 0.5) is 5.69 Å². The number of carboxylic acid groups (broad SMARTS) is 1. The molecule has 0 spiro atoms. The number of nitrogens with zero attached hydrogens (tertiary/aromatic N) is 2. The first kappa shape index (κ1) is 15.8. The van der Waals surface area contributed by atoms with Crippen molar-refractivity contribution in [2.45, 2.75) is 9.50 Å². The van der Waals surface area contributed by atoms with Gasteiger partial charge in [-0.15, -0.1) is 0 Å². The summed E-state index contributed by atoms with van der Waals surface area (Å²) < 4.78 is 4.82. The van der Waals surface area contributed by atoms with E-state index < -0.39 is 5.97 Å². The Balaban J connectivity index is 1.89. The van der Waals surface area contributed by atoms with Crippen molar-refractivity contribution >= 4 is 52.6 Å². The fourth-order valence-corrected chi connectivity index (χ4v) is 3.40. The molecule has 0 saturated heterocycles. The fraction of sp³-hybridized carbons (Fsp3) is 0.167. The van der Waals surface area contributed by atoms with Crippen molar-refractivity contribution in [1.29, 1.82) is 0 Å². The van der Waals surface area contributed by atoms with Crippen LogP contribution in [-0.2, 0) is 4.79 Å². The van der Waals surface area contributed by atoms with E-state index in [0.717, 1.165) is 4.34 Å². The highest BCUT2D eigenvalue weighted by molar-refractivity contribution is 8.01. The minimum Gasteiger partial charge on any atom is -0.545 e. The van der Waals surface area contributed by atoms with Gasteiger partial charge >= 0.3 is 0 Å². The number of carbonyl (C=O) groups is 2. The van der Waals surface area contributed by atoms with Crippen LogP contribution in [-0.4, -0.2) is 33.2 Å². The summed E-state index contributed by atoms with van der Waals surface area (Å²) in [5.74, 6) is -1.34. The Kier molecular flexibility index (Phi) is 5.59. The lowest BCUT2D eigenvalue weighted by atomic mass is 10.2. The van der Waals surface area contributed by atoms with Crippen molar-refractivity contribution in [2.24, 2.45) is 0 Å². The molecule has 1 amide bonds. The molecule has 9 heteroatoms. The van der Waals surface area contributed by atoms with Gasteiger partial charge in [-0.2, -0.15) is 4.37 Å². The maximum Gasteiger partial charge on any atom is 0.234 e. The van der Waals surface area contributed by atoms with Gasteiger partial charge in [-0.1, -0.05) is 35.7 Å². The van der Waals surface area contributed by atoms with E-state index in [1.807, 2.05) is 6.26 Å². The lowest BCUT2D eigenvalue weighted by molar-refractivity contribution is -0.255. The molecule has 0 unspecified atom stereocenters. The van der Waals surface area contributed by atoms with Crippen molar-refractivity contribution in [3.05, 3.63) is 29.8 Å². The molecule has 0 fully saturated rings. The van der Waals surface area contributed by atoms with Crippen molar-refractivity contribution in [3.63, 3.8) is 0 Å². The van der Waals surface area contributed by atoms with E-state index in [0.29, 0.717) is 10.8 Å². The molecule has 0 radical (unpaired) electrons. The maximum atomic E-state index is 11.8. The molecule has 1 N–H and O–H groups in total. The van der Waals surface area contributed by atoms with Crippen LogP contribution in [0.5, 0.6) is 0 Å². The smallest absolute Gasteiger partial charge is 0.234 e. The van der Waals surface area contributed by atoms with Crippen LogP contribution in [0.2, 0.25) is 0 Å². The molecular weight excluding hydrogens is 330 g/mol. The number of anilines is 1. The fourth-order valence-electron chi connectivity index (χ4n) is 1.39. The first-order chi connectivity index (χ1) is 10.1. The lowest BCUT2D eigenvalue weighted by Crippen LogP contribution is -2.22. The number of carboxylic acids is 1. The summed E-state index contributed by atoms with van der Waals surface area (Å²) in [5.41, 5.74) is 0.443. The van der Waals surface area contributed by atoms with Gasteiger partial charge in [-0.3, -0.25) is 4.79 Å². The van der Waals surface area contributed by atoms with Crippen LogP contribution in [0.1, 0.15) is 10.4 Å². The van der Waals surface area contributed by atoms with Gasteiger partial charge in [-0.25, -0.2) is 4.98 Å². The number of thioether (sulfide) groups is 2. The zero-order valence-electron chi connectivity index (χ0n) is 10.9. The Labute approximate surface area is 133 Å². The topological polar surface area (TPSA) is 95.0 Å². The van der Waals surface area contributed by atoms with E-state index in [4.69, 9.17) is 0 Å². The van der Waals surface area contributed by atoms with Gasteiger partial charge in [0.1, 0.15) is 0 Å². The maximum absolute atomic E-state index is 11.8. The Bertz CT molecular complexity index is 660. The second kappa shape index (κ2) is 7.43. The van der Waals surface area contributed by atoms with Crippen molar-refractivity contribution in [1.82, 2.24) is 9.36 Å². The first-order valence-corrected chi connectivity index (χ1v) is 8.68. The number of rotatable bonds is 6. The SMILES string of the molecule is CSc1nsc(SCC(=O)Nc2cccc(C(=O)[O-])c2)n1. The normalized spacial score (nSPS) is 10.3. The summed E-state index contributed by atoms with van der Waals surface area (Å²) >= 11 is 3.97. The van der Waals surface area contributed by atoms with Crippen LogP contribution in [0.15, 0.2) is 33.8 Å². The third kappa shape index (κ3) is 4.73. The number of aromatic carboxylic acids is 1. The van der Waals surface area contributed by atoms with Crippen LogP contribution >= 0.6 is 35.1 Å². The monoisotopic (exact) mass is 340 g/mol. The van der Waals surface area contributed by atoms with Crippen LogP contribution in [0.3, 0.4) is 0 Å². The van der Waals surface area contributed by atoms with Crippen LogP contribution in [0.25, 0.3) is 0 Å². The van der Waals surface area contributed by atoms with Gasteiger partial charge in [0.2, 0.25) is 11.1 Å². The van der Waals surface area contributed by atoms with Gasteiger partial charge in [0.25, 0.3) is 0 Å². The molecule has 2 aromatic rings. The molecule has 0 saturated carbocycles. The van der Waals surface area contributed by atoms with Gasteiger partial charge in [0.05, 0.1) is 11.7 Å². The largest absolute Gasteiger partial charge is 0.545 e. The lowest BCUT2D eigenvalue weighted by Gasteiger charge is -2.07. The van der Waals surface area contributed by atoms with Gasteiger partial charge in [0.15, 0.2) is 4.34 Å². The van der Waals surface area contributed by atoms with E-state index in [1.165, 1.54) is 47.2 Å². The molecule has 0 aliphatic rings. The molecular formula is C12H10N3O3S3-. The third-order valence-electron chi connectivity index (χ3n) is 2.28. The zero-order chi connectivity index (χ0) is 15.2. The molecule has 1 aromatic heterocycles. The van der Waals surface area contributed by atoms with Crippen molar-refractivity contribution < 1.29 is 14.7 Å². The highest BCUT2D eigenvalue weighted by Gasteiger charge is 2.08. The summed E-state index contributed by atoms with van der Waals surface area (Å²) in [5, 5.41) is 14.1. The second-order valence-corrected chi connectivity index (χ2v) is 6.50. The van der Waals surface area contributed by atoms with Crippen molar-refractivity contribution in [3.8, 4) is 0 Å².